The molecule has 3 heteroatoms. The maximum absolute atomic E-state index is 11.8. The van der Waals surface area contributed by atoms with Gasteiger partial charge in [0.1, 0.15) is 5.75 Å². The van der Waals surface area contributed by atoms with Gasteiger partial charge in [0.15, 0.2) is 0 Å². The summed E-state index contributed by atoms with van der Waals surface area (Å²) in [4.78, 5) is 11.8. The fourth-order valence-corrected chi connectivity index (χ4v) is 3.30. The predicted molar refractivity (Wildman–Crippen MR) is 79.8 cm³/mol. The first-order chi connectivity index (χ1) is 9.65. The highest BCUT2D eigenvalue weighted by Crippen LogP contribution is 2.41. The smallest absolute Gasteiger partial charge is 0.227 e. The van der Waals surface area contributed by atoms with Crippen molar-refractivity contribution < 1.29 is 9.90 Å². The minimum atomic E-state index is 0.121. The van der Waals surface area contributed by atoms with Crippen LogP contribution in [0.25, 0.3) is 0 Å². The lowest BCUT2D eigenvalue weighted by Gasteiger charge is -2.21. The zero-order valence-electron chi connectivity index (χ0n) is 12.1. The summed E-state index contributed by atoms with van der Waals surface area (Å²) in [5.41, 5.74) is 1.80. The van der Waals surface area contributed by atoms with Gasteiger partial charge in [0.05, 0.1) is 0 Å². The molecule has 3 nitrogen and oxygen atoms in total. The van der Waals surface area contributed by atoms with E-state index in [-0.39, 0.29) is 11.8 Å². The largest absolute Gasteiger partial charge is 0.508 e. The van der Waals surface area contributed by atoms with Crippen molar-refractivity contribution in [2.75, 3.05) is 5.32 Å². The molecule has 0 spiro atoms. The molecule has 0 heterocycles. The Balaban J connectivity index is 1.76. The topological polar surface area (TPSA) is 49.3 Å². The lowest BCUT2D eigenvalue weighted by molar-refractivity contribution is -0.117. The number of phenolic OH excluding ortho intramolecular Hbond substituents is 1. The first-order valence-corrected chi connectivity index (χ1v) is 7.79. The van der Waals surface area contributed by atoms with Crippen LogP contribution in [-0.4, -0.2) is 11.0 Å². The van der Waals surface area contributed by atoms with Gasteiger partial charge in [-0.05, 0) is 61.3 Å². The van der Waals surface area contributed by atoms with Crippen molar-refractivity contribution in [2.24, 2.45) is 11.8 Å². The zero-order valence-corrected chi connectivity index (χ0v) is 12.1. The SMILES string of the molecule is CC(c1cc(NC(=O)C2CC2)ccc1O)C1CCCC1. The van der Waals surface area contributed by atoms with E-state index in [9.17, 15) is 9.90 Å². The zero-order chi connectivity index (χ0) is 14.1. The summed E-state index contributed by atoms with van der Waals surface area (Å²) in [5, 5.41) is 13.1. The van der Waals surface area contributed by atoms with E-state index in [1.54, 1.807) is 12.1 Å². The van der Waals surface area contributed by atoms with Crippen LogP contribution in [0.5, 0.6) is 5.75 Å². The van der Waals surface area contributed by atoms with Crippen LogP contribution in [0, 0.1) is 11.8 Å². The molecular formula is C17H23NO2. The van der Waals surface area contributed by atoms with Crippen molar-refractivity contribution in [3.8, 4) is 5.75 Å². The van der Waals surface area contributed by atoms with Gasteiger partial charge in [-0.3, -0.25) is 4.79 Å². The van der Waals surface area contributed by atoms with Crippen molar-refractivity contribution in [1.29, 1.82) is 0 Å². The second kappa shape index (κ2) is 5.47. The highest BCUT2D eigenvalue weighted by atomic mass is 16.3. The number of benzene rings is 1. The van der Waals surface area contributed by atoms with Crippen LogP contribution < -0.4 is 5.32 Å². The van der Waals surface area contributed by atoms with E-state index in [0.29, 0.717) is 17.6 Å². The van der Waals surface area contributed by atoms with Crippen molar-refractivity contribution in [3.05, 3.63) is 23.8 Å². The molecular weight excluding hydrogens is 250 g/mol. The number of carbonyl (C=O) groups is 1. The molecule has 1 aromatic rings. The van der Waals surface area contributed by atoms with Gasteiger partial charge in [0.25, 0.3) is 0 Å². The third kappa shape index (κ3) is 2.82. The number of hydrogen-bond acceptors (Lipinski definition) is 2. The van der Waals surface area contributed by atoms with E-state index < -0.39 is 0 Å². The molecule has 2 saturated carbocycles. The molecule has 0 bridgehead atoms. The summed E-state index contributed by atoms with van der Waals surface area (Å²) in [7, 11) is 0. The number of nitrogens with one attached hydrogen (secondary N) is 1. The number of aromatic hydroxyl groups is 1. The monoisotopic (exact) mass is 273 g/mol. The van der Waals surface area contributed by atoms with E-state index in [0.717, 1.165) is 24.1 Å². The van der Waals surface area contributed by atoms with E-state index in [1.165, 1.54) is 25.7 Å². The number of anilines is 1. The fraction of sp³-hybridized carbons (Fsp3) is 0.588. The van der Waals surface area contributed by atoms with Crippen LogP contribution in [0.1, 0.15) is 56.9 Å². The van der Waals surface area contributed by atoms with E-state index in [4.69, 9.17) is 0 Å². The van der Waals surface area contributed by atoms with Crippen LogP contribution in [0.15, 0.2) is 18.2 Å². The summed E-state index contributed by atoms with van der Waals surface area (Å²) in [6.07, 6.45) is 7.12. The second-order valence-corrected chi connectivity index (χ2v) is 6.37. The third-order valence-corrected chi connectivity index (χ3v) is 4.84. The molecule has 0 aromatic heterocycles. The van der Waals surface area contributed by atoms with Gasteiger partial charge >= 0.3 is 0 Å². The average Bonchev–Trinajstić information content (AvgIpc) is 3.15. The number of carbonyl (C=O) groups excluding carboxylic acids is 1. The second-order valence-electron chi connectivity index (χ2n) is 6.37. The van der Waals surface area contributed by atoms with Gasteiger partial charge in [-0.15, -0.1) is 0 Å². The van der Waals surface area contributed by atoms with Crippen molar-refractivity contribution in [3.63, 3.8) is 0 Å². The van der Waals surface area contributed by atoms with Crippen LogP contribution in [0.3, 0.4) is 0 Å². The van der Waals surface area contributed by atoms with Crippen LogP contribution in [0.4, 0.5) is 5.69 Å². The minimum Gasteiger partial charge on any atom is -0.508 e. The standard InChI is InChI=1S/C17H23NO2/c1-11(12-4-2-3-5-12)15-10-14(8-9-16(15)19)18-17(20)13-6-7-13/h8-13,19H,2-7H2,1H3,(H,18,20). The van der Waals surface area contributed by atoms with Gasteiger partial charge in [-0.2, -0.15) is 0 Å². The minimum absolute atomic E-state index is 0.121. The maximum Gasteiger partial charge on any atom is 0.227 e. The molecule has 20 heavy (non-hydrogen) atoms. The summed E-state index contributed by atoms with van der Waals surface area (Å²) in [6, 6.07) is 5.46. The average molecular weight is 273 g/mol. The quantitative estimate of drug-likeness (QED) is 0.814. The Morgan fingerprint density at radius 3 is 2.60 bits per heavy atom. The third-order valence-electron chi connectivity index (χ3n) is 4.84. The molecule has 0 radical (unpaired) electrons. The molecule has 1 aromatic carbocycles. The molecule has 1 amide bonds. The molecule has 1 unspecified atom stereocenters. The first-order valence-electron chi connectivity index (χ1n) is 7.79. The Bertz CT molecular complexity index is 502. The molecule has 0 aliphatic heterocycles. The molecule has 108 valence electrons. The molecule has 1 atom stereocenters. The number of phenols is 1. The van der Waals surface area contributed by atoms with Gasteiger partial charge in [-0.1, -0.05) is 19.8 Å². The molecule has 2 aliphatic rings. The van der Waals surface area contributed by atoms with E-state index in [2.05, 4.69) is 12.2 Å². The lowest BCUT2D eigenvalue weighted by atomic mass is 9.86. The molecule has 2 fully saturated rings. The number of amides is 1. The van der Waals surface area contributed by atoms with Gasteiger partial charge in [-0.25, -0.2) is 0 Å². The summed E-state index contributed by atoms with van der Waals surface area (Å²) in [5.74, 6) is 1.70. The van der Waals surface area contributed by atoms with E-state index >= 15 is 0 Å². The highest BCUT2D eigenvalue weighted by Gasteiger charge is 2.30. The number of hydrogen-bond donors (Lipinski definition) is 2. The van der Waals surface area contributed by atoms with Crippen molar-refractivity contribution in [2.45, 2.75) is 51.4 Å². The Kier molecular flexibility index (Phi) is 3.68. The Morgan fingerprint density at radius 2 is 1.95 bits per heavy atom. The first kappa shape index (κ1) is 13.5. The summed E-state index contributed by atoms with van der Waals surface area (Å²) < 4.78 is 0. The van der Waals surface area contributed by atoms with Crippen molar-refractivity contribution >= 4 is 11.6 Å². The molecule has 3 rings (SSSR count). The molecule has 0 saturated heterocycles. The van der Waals surface area contributed by atoms with Crippen LogP contribution >= 0.6 is 0 Å². The lowest BCUT2D eigenvalue weighted by Crippen LogP contribution is -2.14. The fourth-order valence-electron chi connectivity index (χ4n) is 3.30. The molecule has 2 aliphatic carbocycles. The summed E-state index contributed by atoms with van der Waals surface area (Å²) >= 11 is 0. The Morgan fingerprint density at radius 1 is 1.25 bits per heavy atom. The van der Waals surface area contributed by atoms with Gasteiger partial charge < -0.3 is 10.4 Å². The summed E-state index contributed by atoms with van der Waals surface area (Å²) in [6.45, 7) is 2.19. The van der Waals surface area contributed by atoms with Crippen LogP contribution in [0.2, 0.25) is 0 Å². The Hall–Kier alpha value is -1.51. The van der Waals surface area contributed by atoms with Gasteiger partial charge in [0, 0.05) is 11.6 Å². The predicted octanol–water partition coefficient (Wildman–Crippen LogP) is 4.03. The van der Waals surface area contributed by atoms with E-state index in [1.807, 2.05) is 6.07 Å². The van der Waals surface area contributed by atoms with Gasteiger partial charge in [0.2, 0.25) is 5.91 Å². The normalized spacial score (nSPS) is 20.9. The maximum atomic E-state index is 11.8. The van der Waals surface area contributed by atoms with Crippen molar-refractivity contribution in [1.82, 2.24) is 0 Å². The Labute approximate surface area is 120 Å². The molecule has 2 N–H and O–H groups in total. The van der Waals surface area contributed by atoms with Crippen LogP contribution in [-0.2, 0) is 4.79 Å². The highest BCUT2D eigenvalue weighted by molar-refractivity contribution is 5.94. The number of rotatable bonds is 4.